The van der Waals surface area contributed by atoms with Gasteiger partial charge in [0.2, 0.25) is 0 Å². The summed E-state index contributed by atoms with van der Waals surface area (Å²) in [5.74, 6) is -0.0341. The van der Waals surface area contributed by atoms with Gasteiger partial charge in [-0.2, -0.15) is 0 Å². The van der Waals surface area contributed by atoms with E-state index in [1.807, 2.05) is 0 Å². The molecule has 102 valence electrons. The maximum atomic E-state index is 11.1. The van der Waals surface area contributed by atoms with E-state index >= 15 is 0 Å². The van der Waals surface area contributed by atoms with Crippen molar-refractivity contribution >= 4 is 23.2 Å². The van der Waals surface area contributed by atoms with Crippen molar-refractivity contribution in [2.45, 2.75) is 39.0 Å². The van der Waals surface area contributed by atoms with Crippen molar-refractivity contribution in [3.8, 4) is 0 Å². The maximum absolute atomic E-state index is 11.1. The number of aromatic carboxylic acids is 1. The highest BCUT2D eigenvalue weighted by atomic mass is 35.5. The second-order valence-electron chi connectivity index (χ2n) is 4.68. The largest absolute Gasteiger partial charge is 0.478 e. The van der Waals surface area contributed by atoms with Crippen LogP contribution >= 0.6 is 11.6 Å². The molecule has 0 spiro atoms. The molecule has 0 saturated carbocycles. The van der Waals surface area contributed by atoms with Crippen LogP contribution in [-0.2, 0) is 0 Å². The van der Waals surface area contributed by atoms with Crippen LogP contribution in [0.25, 0.3) is 5.65 Å². The number of carbonyl (C=O) groups is 1. The molecule has 19 heavy (non-hydrogen) atoms. The van der Waals surface area contributed by atoms with Gasteiger partial charge in [0.1, 0.15) is 5.82 Å². The van der Waals surface area contributed by atoms with Crippen LogP contribution < -0.4 is 0 Å². The first-order valence-electron chi connectivity index (χ1n) is 6.32. The highest BCUT2D eigenvalue weighted by Crippen LogP contribution is 2.24. The van der Waals surface area contributed by atoms with E-state index in [-0.39, 0.29) is 11.5 Å². The first-order valence-corrected chi connectivity index (χ1v) is 6.69. The van der Waals surface area contributed by atoms with Crippen LogP contribution in [0.2, 0.25) is 5.02 Å². The molecule has 0 fully saturated rings. The Morgan fingerprint density at radius 3 is 2.89 bits per heavy atom. The molecule has 2 heterocycles. The lowest BCUT2D eigenvalue weighted by atomic mass is 10.0. The molecule has 6 heteroatoms. The number of aromatic nitrogens is 3. The predicted molar refractivity (Wildman–Crippen MR) is 72.9 cm³/mol. The monoisotopic (exact) mass is 281 g/mol. The van der Waals surface area contributed by atoms with Gasteiger partial charge in [-0.3, -0.25) is 4.40 Å². The minimum atomic E-state index is -1.01. The highest BCUT2D eigenvalue weighted by Gasteiger charge is 2.17. The number of fused-ring (bicyclic) bond motifs is 1. The molecule has 1 N–H and O–H groups in total. The number of pyridine rings is 1. The number of rotatable bonds is 5. The molecular weight excluding hydrogens is 266 g/mol. The Morgan fingerprint density at radius 2 is 2.26 bits per heavy atom. The molecule has 0 aromatic carbocycles. The molecule has 0 bridgehead atoms. The Bertz CT molecular complexity index is 609. The molecule has 2 rings (SSSR count). The minimum Gasteiger partial charge on any atom is -0.478 e. The van der Waals surface area contributed by atoms with Crippen molar-refractivity contribution in [3.63, 3.8) is 0 Å². The fraction of sp³-hybridized carbons (Fsp3) is 0.462. The molecule has 2 aromatic heterocycles. The van der Waals surface area contributed by atoms with Crippen molar-refractivity contribution < 1.29 is 9.90 Å². The van der Waals surface area contributed by atoms with Crippen molar-refractivity contribution in [2.24, 2.45) is 0 Å². The van der Waals surface area contributed by atoms with E-state index in [0.29, 0.717) is 10.7 Å². The zero-order chi connectivity index (χ0) is 14.0. The Labute approximate surface area is 116 Å². The highest BCUT2D eigenvalue weighted by molar-refractivity contribution is 6.33. The van der Waals surface area contributed by atoms with Gasteiger partial charge in [-0.25, -0.2) is 4.79 Å². The maximum Gasteiger partial charge on any atom is 0.337 e. The number of carboxylic acid groups (broad SMARTS) is 1. The lowest BCUT2D eigenvalue weighted by Crippen LogP contribution is -2.04. The Morgan fingerprint density at radius 1 is 1.53 bits per heavy atom. The van der Waals surface area contributed by atoms with Gasteiger partial charge in [-0.05, 0) is 12.5 Å². The van der Waals surface area contributed by atoms with E-state index in [4.69, 9.17) is 16.7 Å². The Kier molecular flexibility index (Phi) is 4.04. The second kappa shape index (κ2) is 5.57. The average molecular weight is 282 g/mol. The van der Waals surface area contributed by atoms with Crippen molar-refractivity contribution in [1.82, 2.24) is 14.6 Å². The third kappa shape index (κ3) is 2.71. The summed E-state index contributed by atoms with van der Waals surface area (Å²) in [4.78, 5) is 11.1. The van der Waals surface area contributed by atoms with Gasteiger partial charge in [0, 0.05) is 12.1 Å². The summed E-state index contributed by atoms with van der Waals surface area (Å²) in [5.41, 5.74) is 0.645. The van der Waals surface area contributed by atoms with Crippen LogP contribution in [0.3, 0.4) is 0 Å². The predicted octanol–water partition coefficient (Wildman–Crippen LogP) is 3.37. The summed E-state index contributed by atoms with van der Waals surface area (Å²) in [6.07, 6.45) is 4.73. The van der Waals surface area contributed by atoms with E-state index in [1.165, 1.54) is 12.3 Å². The SMILES string of the molecule is CCCCC(C)c1nnc2c(Cl)cc(C(=O)O)cn12. The van der Waals surface area contributed by atoms with Crippen LogP contribution in [0.5, 0.6) is 0 Å². The zero-order valence-corrected chi connectivity index (χ0v) is 11.7. The molecule has 5 nitrogen and oxygen atoms in total. The van der Waals surface area contributed by atoms with Gasteiger partial charge in [-0.15, -0.1) is 10.2 Å². The van der Waals surface area contributed by atoms with Crippen LogP contribution in [0, 0.1) is 0 Å². The topological polar surface area (TPSA) is 67.5 Å². The normalized spacial score (nSPS) is 12.8. The van der Waals surface area contributed by atoms with Gasteiger partial charge in [0.15, 0.2) is 5.65 Å². The van der Waals surface area contributed by atoms with Crippen LogP contribution in [0.15, 0.2) is 12.3 Å². The summed E-state index contributed by atoms with van der Waals surface area (Å²) in [6, 6.07) is 1.40. The van der Waals surface area contributed by atoms with Crippen molar-refractivity contribution in [2.75, 3.05) is 0 Å². The van der Waals surface area contributed by atoms with Gasteiger partial charge in [0.05, 0.1) is 10.6 Å². The standard InChI is InChI=1S/C13H16ClN3O2/c1-3-4-5-8(2)11-15-16-12-10(14)6-9(13(18)19)7-17(11)12/h6-8H,3-5H2,1-2H3,(H,18,19). The Hall–Kier alpha value is -1.62. The summed E-state index contributed by atoms with van der Waals surface area (Å²) in [5, 5.41) is 17.6. The molecule has 0 aliphatic carbocycles. The van der Waals surface area contributed by atoms with Gasteiger partial charge in [-0.1, -0.05) is 38.3 Å². The summed E-state index contributed by atoms with van der Waals surface area (Å²) >= 11 is 6.04. The van der Waals surface area contributed by atoms with Crippen LogP contribution in [0.1, 0.15) is 55.2 Å². The molecule has 1 atom stereocenters. The second-order valence-corrected chi connectivity index (χ2v) is 5.08. The molecule has 0 aliphatic heterocycles. The number of carboxylic acids is 1. The molecule has 1 unspecified atom stereocenters. The summed E-state index contributed by atoms with van der Waals surface area (Å²) < 4.78 is 1.69. The average Bonchev–Trinajstić information content (AvgIpc) is 2.80. The summed E-state index contributed by atoms with van der Waals surface area (Å²) in [7, 11) is 0. The number of unbranched alkanes of at least 4 members (excludes halogenated alkanes) is 1. The van der Waals surface area contributed by atoms with Gasteiger partial charge < -0.3 is 5.11 Å². The minimum absolute atomic E-state index is 0.140. The number of nitrogens with zero attached hydrogens (tertiary/aromatic N) is 3. The molecule has 0 saturated heterocycles. The number of hydrogen-bond donors (Lipinski definition) is 1. The van der Waals surface area contributed by atoms with Crippen molar-refractivity contribution in [1.29, 1.82) is 0 Å². The van der Waals surface area contributed by atoms with Gasteiger partial charge >= 0.3 is 5.97 Å². The summed E-state index contributed by atoms with van der Waals surface area (Å²) in [6.45, 7) is 4.20. The molecule has 0 radical (unpaired) electrons. The zero-order valence-electron chi connectivity index (χ0n) is 10.9. The number of hydrogen-bond acceptors (Lipinski definition) is 3. The molecule has 0 aliphatic rings. The van der Waals surface area contributed by atoms with Crippen LogP contribution in [0.4, 0.5) is 0 Å². The Balaban J connectivity index is 2.48. The molecule has 2 aromatic rings. The van der Waals surface area contributed by atoms with E-state index in [9.17, 15) is 4.79 Å². The molecule has 0 amide bonds. The number of halogens is 1. The van der Waals surface area contributed by atoms with Crippen molar-refractivity contribution in [3.05, 3.63) is 28.7 Å². The fourth-order valence-corrected chi connectivity index (χ4v) is 2.31. The van der Waals surface area contributed by atoms with E-state index in [0.717, 1.165) is 25.1 Å². The van der Waals surface area contributed by atoms with Crippen LogP contribution in [-0.4, -0.2) is 25.7 Å². The fourth-order valence-electron chi connectivity index (χ4n) is 2.06. The van der Waals surface area contributed by atoms with E-state index in [2.05, 4.69) is 24.0 Å². The lowest BCUT2D eigenvalue weighted by Gasteiger charge is -2.09. The van der Waals surface area contributed by atoms with E-state index < -0.39 is 5.97 Å². The lowest BCUT2D eigenvalue weighted by molar-refractivity contribution is 0.0696. The van der Waals surface area contributed by atoms with Gasteiger partial charge in [0.25, 0.3) is 0 Å². The third-order valence-corrected chi connectivity index (χ3v) is 3.44. The quantitative estimate of drug-likeness (QED) is 0.912. The van der Waals surface area contributed by atoms with E-state index in [1.54, 1.807) is 4.40 Å². The first-order chi connectivity index (χ1) is 9.04. The smallest absolute Gasteiger partial charge is 0.337 e. The first kappa shape index (κ1) is 13.8. The molecular formula is C13H16ClN3O2. The third-order valence-electron chi connectivity index (χ3n) is 3.16.